The maximum Gasteiger partial charge on any atom is 0.321 e. The molecule has 0 radical (unpaired) electrons. The number of likely N-dealkylation sites (tertiary alicyclic amines) is 1. The number of rotatable bonds is 2. The molecule has 3 N–H and O–H groups in total. The van der Waals surface area contributed by atoms with Crippen molar-refractivity contribution < 1.29 is 36.6 Å². The molecule has 1 spiro atoms. The first-order valence-electron chi connectivity index (χ1n) is 14.2. The monoisotopic (exact) mass is 630 g/mol. The standard InChI is InChI=1S/C29H32F2N6O6S/c1-35-16-19(15-32-35)18-2-5-26-25(12-18)43-11-8-29(34-27(39)24-14-21(38)17-37(24)44(26,41)42)6-9-36(10-7-29)28(40)33-23-4-3-20(30)13-22(23)31/h2-5,12-13,15-16,21,24,38H,6-11,14,17H2,1H3,(H,33,40)(H,34,39)/t21-,24+/m1/s1. The number of nitrogens with one attached hydrogen (secondary N) is 2. The van der Waals surface area contributed by atoms with Gasteiger partial charge in [-0.25, -0.2) is 22.0 Å². The zero-order chi connectivity index (χ0) is 31.2. The number of aromatic nitrogens is 2. The summed E-state index contributed by atoms with van der Waals surface area (Å²) in [4.78, 5) is 27.9. The minimum atomic E-state index is -4.24. The molecule has 3 amide bonds. The number of aliphatic hydroxyl groups is 1. The molecule has 2 saturated heterocycles. The Morgan fingerprint density at radius 2 is 1.91 bits per heavy atom. The van der Waals surface area contributed by atoms with Gasteiger partial charge in [-0.1, -0.05) is 6.07 Å². The lowest BCUT2D eigenvalue weighted by Gasteiger charge is -2.43. The number of anilines is 1. The Labute approximate surface area is 252 Å². The number of nitrogens with zero attached hydrogens (tertiary/aromatic N) is 4. The summed E-state index contributed by atoms with van der Waals surface area (Å²) in [5.41, 5.74) is 0.461. The first kappa shape index (κ1) is 30.0. The average Bonchev–Trinajstić information content (AvgIpc) is 3.60. The molecule has 3 aromatic rings. The highest BCUT2D eigenvalue weighted by Gasteiger charge is 2.47. The minimum Gasteiger partial charge on any atom is -0.492 e. The van der Waals surface area contributed by atoms with E-state index in [9.17, 15) is 31.9 Å². The van der Waals surface area contributed by atoms with Crippen molar-refractivity contribution in [1.29, 1.82) is 0 Å². The van der Waals surface area contributed by atoms with Crippen LogP contribution in [-0.4, -0.2) is 88.4 Å². The van der Waals surface area contributed by atoms with Crippen LogP contribution in [0.5, 0.6) is 5.75 Å². The maximum absolute atomic E-state index is 14.1. The van der Waals surface area contributed by atoms with Gasteiger partial charge in [0.2, 0.25) is 15.9 Å². The van der Waals surface area contributed by atoms with Crippen LogP contribution in [0.4, 0.5) is 19.3 Å². The lowest BCUT2D eigenvalue weighted by Crippen LogP contribution is -2.60. The summed E-state index contributed by atoms with van der Waals surface area (Å²) in [7, 11) is -2.47. The summed E-state index contributed by atoms with van der Waals surface area (Å²) < 4.78 is 64.0. The van der Waals surface area contributed by atoms with Gasteiger partial charge in [0.05, 0.1) is 24.6 Å². The minimum absolute atomic E-state index is 0.0666. The van der Waals surface area contributed by atoms with E-state index < -0.39 is 51.3 Å². The van der Waals surface area contributed by atoms with Gasteiger partial charge in [-0.3, -0.25) is 9.48 Å². The van der Waals surface area contributed by atoms with Crippen LogP contribution in [-0.2, 0) is 21.9 Å². The van der Waals surface area contributed by atoms with Crippen molar-refractivity contribution in [2.24, 2.45) is 7.05 Å². The van der Waals surface area contributed by atoms with Gasteiger partial charge >= 0.3 is 6.03 Å². The van der Waals surface area contributed by atoms with Gasteiger partial charge in [-0.05, 0) is 42.7 Å². The van der Waals surface area contributed by atoms with Crippen molar-refractivity contribution in [1.82, 2.24) is 24.3 Å². The van der Waals surface area contributed by atoms with E-state index in [0.29, 0.717) is 30.9 Å². The largest absolute Gasteiger partial charge is 0.492 e. The normalized spacial score (nSPS) is 23.2. The first-order valence-corrected chi connectivity index (χ1v) is 15.7. The summed E-state index contributed by atoms with van der Waals surface area (Å²) in [6.45, 7) is 0.225. The van der Waals surface area contributed by atoms with Crippen LogP contribution >= 0.6 is 0 Å². The van der Waals surface area contributed by atoms with Crippen molar-refractivity contribution >= 4 is 27.6 Å². The number of carbonyl (C=O) groups is 2. The Bertz CT molecular complexity index is 1710. The molecule has 1 aromatic heterocycles. The number of urea groups is 1. The molecule has 3 aliphatic rings. The van der Waals surface area contributed by atoms with Gasteiger partial charge in [0.25, 0.3) is 0 Å². The second-order valence-electron chi connectivity index (χ2n) is 11.5. The Morgan fingerprint density at radius 1 is 1.14 bits per heavy atom. The predicted octanol–water partition coefficient (Wildman–Crippen LogP) is 2.45. The number of carbonyl (C=O) groups excluding carboxylic acids is 2. The topological polar surface area (TPSA) is 146 Å². The van der Waals surface area contributed by atoms with E-state index in [4.69, 9.17) is 4.74 Å². The lowest BCUT2D eigenvalue weighted by atomic mass is 9.84. The number of aryl methyl sites for hydroxylation is 1. The molecule has 0 unspecified atom stereocenters. The van der Waals surface area contributed by atoms with E-state index in [-0.39, 0.29) is 49.0 Å². The number of fused-ring (bicyclic) bond motifs is 2. The van der Waals surface area contributed by atoms with Crippen molar-refractivity contribution in [2.75, 3.05) is 31.6 Å². The van der Waals surface area contributed by atoms with Crippen molar-refractivity contribution in [3.63, 3.8) is 0 Å². The quantitative estimate of drug-likeness (QED) is 0.394. The molecule has 234 valence electrons. The average molecular weight is 631 g/mol. The van der Waals surface area contributed by atoms with Gasteiger partial charge in [0, 0.05) is 62.9 Å². The van der Waals surface area contributed by atoms with E-state index in [1.54, 1.807) is 36.3 Å². The highest BCUT2D eigenvalue weighted by Crippen LogP contribution is 2.37. The van der Waals surface area contributed by atoms with E-state index in [2.05, 4.69) is 15.7 Å². The molecule has 4 heterocycles. The van der Waals surface area contributed by atoms with Crippen molar-refractivity contribution in [2.45, 2.75) is 48.3 Å². The molecule has 3 aliphatic heterocycles. The zero-order valence-corrected chi connectivity index (χ0v) is 24.7. The molecule has 12 nitrogen and oxygen atoms in total. The van der Waals surface area contributed by atoms with E-state index in [0.717, 1.165) is 22.0 Å². The summed E-state index contributed by atoms with van der Waals surface area (Å²) in [6.07, 6.45) is 3.28. The Morgan fingerprint density at radius 3 is 2.61 bits per heavy atom. The fourth-order valence-corrected chi connectivity index (χ4v) is 7.81. The second kappa shape index (κ2) is 11.4. The van der Waals surface area contributed by atoms with Crippen LogP contribution in [0.1, 0.15) is 25.7 Å². The SMILES string of the molecule is Cn1cc(-c2ccc3c(c2)OCCC2(CCN(C(=O)Nc4ccc(F)cc4F)CC2)NC(=O)[C@@H]2C[C@@H](O)CN2S3(=O)=O)cn1. The van der Waals surface area contributed by atoms with Crippen LogP contribution in [0, 0.1) is 11.6 Å². The zero-order valence-electron chi connectivity index (χ0n) is 23.9. The van der Waals surface area contributed by atoms with E-state index in [1.807, 2.05) is 0 Å². The highest BCUT2D eigenvalue weighted by atomic mass is 32.2. The molecule has 0 aliphatic carbocycles. The first-order chi connectivity index (χ1) is 20.9. The van der Waals surface area contributed by atoms with Crippen LogP contribution in [0.15, 0.2) is 53.7 Å². The fraction of sp³-hybridized carbons (Fsp3) is 0.414. The third kappa shape index (κ3) is 5.74. The van der Waals surface area contributed by atoms with Crippen molar-refractivity contribution in [3.05, 3.63) is 60.4 Å². The molecule has 6 rings (SSSR count). The molecule has 15 heteroatoms. The van der Waals surface area contributed by atoms with Gasteiger partial charge < -0.3 is 25.4 Å². The van der Waals surface area contributed by atoms with Crippen LogP contribution < -0.4 is 15.4 Å². The number of sulfonamides is 1. The van der Waals surface area contributed by atoms with Crippen LogP contribution in [0.25, 0.3) is 11.1 Å². The molecule has 2 atom stereocenters. The number of piperidine rings is 1. The third-order valence-electron chi connectivity index (χ3n) is 8.51. The predicted molar refractivity (Wildman–Crippen MR) is 154 cm³/mol. The number of amides is 3. The van der Waals surface area contributed by atoms with Gasteiger partial charge in [0.15, 0.2) is 0 Å². The fourth-order valence-electron chi connectivity index (χ4n) is 6.06. The van der Waals surface area contributed by atoms with Crippen molar-refractivity contribution in [3.8, 4) is 16.9 Å². The van der Waals surface area contributed by atoms with Gasteiger partial charge in [-0.2, -0.15) is 9.40 Å². The van der Waals surface area contributed by atoms with Crippen LogP contribution in [0.3, 0.4) is 0 Å². The molecule has 2 aromatic carbocycles. The number of hydrogen-bond donors (Lipinski definition) is 3. The van der Waals surface area contributed by atoms with Crippen LogP contribution in [0.2, 0.25) is 0 Å². The number of halogens is 2. The maximum atomic E-state index is 14.1. The molecular weight excluding hydrogens is 598 g/mol. The van der Waals surface area contributed by atoms with E-state index in [1.165, 1.54) is 11.0 Å². The Balaban J connectivity index is 1.26. The number of ether oxygens (including phenoxy) is 1. The van der Waals surface area contributed by atoms with Gasteiger partial charge in [0.1, 0.15) is 28.3 Å². The molecule has 0 bridgehead atoms. The number of aliphatic hydroxyl groups excluding tert-OH is 1. The Kier molecular flexibility index (Phi) is 7.80. The molecular formula is C29H32F2N6O6S. The molecule has 2 fully saturated rings. The summed E-state index contributed by atoms with van der Waals surface area (Å²) in [5, 5.41) is 20.1. The summed E-state index contributed by atoms with van der Waals surface area (Å²) >= 11 is 0. The smallest absolute Gasteiger partial charge is 0.321 e. The number of hydrogen-bond acceptors (Lipinski definition) is 7. The van der Waals surface area contributed by atoms with Gasteiger partial charge in [-0.15, -0.1) is 0 Å². The molecule has 0 saturated carbocycles. The van der Waals surface area contributed by atoms with E-state index >= 15 is 0 Å². The summed E-state index contributed by atoms with van der Waals surface area (Å²) in [6, 6.07) is 5.88. The number of benzene rings is 2. The molecule has 44 heavy (non-hydrogen) atoms. The Hall–Kier alpha value is -4.08. The summed E-state index contributed by atoms with van der Waals surface area (Å²) in [5.74, 6) is -2.08. The third-order valence-corrected chi connectivity index (χ3v) is 10.4. The second-order valence-corrected chi connectivity index (χ2v) is 13.3. The highest BCUT2D eigenvalue weighted by molar-refractivity contribution is 7.89. The lowest BCUT2D eigenvalue weighted by molar-refractivity contribution is -0.127.